The van der Waals surface area contributed by atoms with Crippen molar-refractivity contribution in [1.29, 1.82) is 0 Å². The third-order valence-corrected chi connectivity index (χ3v) is 3.93. The number of benzene rings is 2. The Labute approximate surface area is 123 Å². The van der Waals surface area contributed by atoms with Crippen molar-refractivity contribution in [3.63, 3.8) is 0 Å². The van der Waals surface area contributed by atoms with E-state index in [1.807, 2.05) is 42.5 Å². The molecule has 2 aromatic carbocycles. The van der Waals surface area contributed by atoms with Gasteiger partial charge in [-0.25, -0.2) is 0 Å². The molecule has 0 fully saturated rings. The highest BCUT2D eigenvalue weighted by molar-refractivity contribution is 5.96. The summed E-state index contributed by atoms with van der Waals surface area (Å²) in [7, 11) is 0. The minimum atomic E-state index is -0.275. The first-order chi connectivity index (χ1) is 10.3. The molecular weight excluding hydrogens is 264 g/mol. The molecule has 3 rings (SSSR count). The molecule has 0 aliphatic carbocycles. The molecule has 3 nitrogen and oxygen atoms in total. The lowest BCUT2D eigenvalue weighted by Crippen LogP contribution is -2.29. The maximum atomic E-state index is 12.3. The van der Waals surface area contributed by atoms with Gasteiger partial charge in [0.15, 0.2) is 5.78 Å². The second-order valence-corrected chi connectivity index (χ2v) is 5.26. The van der Waals surface area contributed by atoms with E-state index in [9.17, 15) is 9.59 Å². The quantitative estimate of drug-likeness (QED) is 0.638. The van der Waals surface area contributed by atoms with Crippen molar-refractivity contribution < 1.29 is 14.3 Å². The van der Waals surface area contributed by atoms with E-state index in [1.54, 1.807) is 12.1 Å². The van der Waals surface area contributed by atoms with Crippen molar-refractivity contribution in [2.75, 3.05) is 6.61 Å². The lowest BCUT2D eigenvalue weighted by molar-refractivity contribution is -0.110. The van der Waals surface area contributed by atoms with E-state index in [0.717, 1.165) is 17.6 Å². The van der Waals surface area contributed by atoms with Crippen molar-refractivity contribution in [3.8, 4) is 5.75 Å². The zero-order valence-corrected chi connectivity index (χ0v) is 11.6. The molecule has 1 aliphatic rings. The molecule has 1 heterocycles. The van der Waals surface area contributed by atoms with Crippen LogP contribution in [0.25, 0.3) is 0 Å². The maximum absolute atomic E-state index is 12.3. The fourth-order valence-electron chi connectivity index (χ4n) is 2.79. The maximum Gasteiger partial charge on any atom is 0.163 e. The Balaban J connectivity index is 1.81. The number of ketones is 1. The van der Waals surface area contributed by atoms with Crippen molar-refractivity contribution in [1.82, 2.24) is 0 Å². The first-order valence-corrected chi connectivity index (χ1v) is 7.05. The van der Waals surface area contributed by atoms with Crippen LogP contribution in [0, 0.1) is 5.92 Å². The van der Waals surface area contributed by atoms with Gasteiger partial charge in [-0.15, -0.1) is 0 Å². The van der Waals surface area contributed by atoms with Crippen LogP contribution in [0.5, 0.6) is 5.75 Å². The summed E-state index contributed by atoms with van der Waals surface area (Å²) in [5.41, 5.74) is 1.56. The Kier molecular flexibility index (Phi) is 3.82. The molecule has 0 amide bonds. The predicted molar refractivity (Wildman–Crippen MR) is 79.6 cm³/mol. The fraction of sp³-hybridized carbons (Fsp3) is 0.222. The van der Waals surface area contributed by atoms with Crippen LogP contribution >= 0.6 is 0 Å². The monoisotopic (exact) mass is 280 g/mol. The Morgan fingerprint density at radius 1 is 1.10 bits per heavy atom. The summed E-state index contributed by atoms with van der Waals surface area (Å²) in [4.78, 5) is 23.8. The Morgan fingerprint density at radius 3 is 2.57 bits per heavy atom. The standard InChI is InChI=1S/C18H16O3/c19-11-16-14(10-17(20)13-6-2-1-3-7-13)12-21-18-9-5-4-8-15(16)18/h1-9,11,14,16H,10,12H2. The van der Waals surface area contributed by atoms with E-state index < -0.39 is 0 Å². The summed E-state index contributed by atoms with van der Waals surface area (Å²) in [6.07, 6.45) is 1.26. The lowest BCUT2D eigenvalue weighted by Gasteiger charge is -2.30. The minimum Gasteiger partial charge on any atom is -0.493 e. The number of carbonyl (C=O) groups is 2. The van der Waals surface area contributed by atoms with Crippen LogP contribution < -0.4 is 4.74 Å². The van der Waals surface area contributed by atoms with E-state index >= 15 is 0 Å². The van der Waals surface area contributed by atoms with Gasteiger partial charge in [0, 0.05) is 29.4 Å². The van der Waals surface area contributed by atoms with Crippen molar-refractivity contribution in [2.24, 2.45) is 5.92 Å². The SMILES string of the molecule is O=CC1c2ccccc2OCC1CC(=O)c1ccccc1. The topological polar surface area (TPSA) is 43.4 Å². The van der Waals surface area contributed by atoms with E-state index in [1.165, 1.54) is 0 Å². The van der Waals surface area contributed by atoms with Crippen molar-refractivity contribution in [3.05, 3.63) is 65.7 Å². The summed E-state index contributed by atoms with van der Waals surface area (Å²) < 4.78 is 5.69. The molecule has 1 aliphatic heterocycles. The first kappa shape index (κ1) is 13.6. The molecule has 0 saturated heterocycles. The molecule has 2 unspecified atom stereocenters. The van der Waals surface area contributed by atoms with Crippen LogP contribution in [-0.2, 0) is 4.79 Å². The second kappa shape index (κ2) is 5.92. The lowest BCUT2D eigenvalue weighted by atomic mass is 9.81. The number of rotatable bonds is 4. The molecule has 21 heavy (non-hydrogen) atoms. The number of para-hydroxylation sites is 1. The molecule has 2 atom stereocenters. The number of aldehydes is 1. The van der Waals surface area contributed by atoms with Crippen LogP contribution in [-0.4, -0.2) is 18.7 Å². The van der Waals surface area contributed by atoms with Gasteiger partial charge < -0.3 is 9.53 Å². The van der Waals surface area contributed by atoms with Gasteiger partial charge in [0.05, 0.1) is 6.61 Å². The molecule has 0 aromatic heterocycles. The smallest absolute Gasteiger partial charge is 0.163 e. The zero-order valence-electron chi connectivity index (χ0n) is 11.6. The molecule has 2 aromatic rings. The second-order valence-electron chi connectivity index (χ2n) is 5.26. The van der Waals surface area contributed by atoms with Gasteiger partial charge in [-0.3, -0.25) is 4.79 Å². The van der Waals surface area contributed by atoms with Gasteiger partial charge >= 0.3 is 0 Å². The highest BCUT2D eigenvalue weighted by atomic mass is 16.5. The molecule has 0 N–H and O–H groups in total. The summed E-state index contributed by atoms with van der Waals surface area (Å²) in [6.45, 7) is 0.402. The molecule has 106 valence electrons. The van der Waals surface area contributed by atoms with Crippen LogP contribution in [0.4, 0.5) is 0 Å². The predicted octanol–water partition coefficient (Wildman–Crippen LogP) is 3.25. The van der Waals surface area contributed by atoms with Crippen LogP contribution in [0.1, 0.15) is 28.3 Å². The van der Waals surface area contributed by atoms with Gasteiger partial charge in [-0.05, 0) is 6.07 Å². The van der Waals surface area contributed by atoms with E-state index in [0.29, 0.717) is 18.6 Å². The molecule has 0 radical (unpaired) electrons. The van der Waals surface area contributed by atoms with Gasteiger partial charge in [0.2, 0.25) is 0 Å². The van der Waals surface area contributed by atoms with E-state index in [2.05, 4.69) is 0 Å². The first-order valence-electron chi connectivity index (χ1n) is 7.05. The third kappa shape index (κ3) is 2.72. The van der Waals surface area contributed by atoms with Gasteiger partial charge in [-0.2, -0.15) is 0 Å². The molecule has 3 heteroatoms. The molecule has 0 bridgehead atoms. The van der Waals surface area contributed by atoms with E-state index in [-0.39, 0.29) is 17.6 Å². The number of hydrogen-bond acceptors (Lipinski definition) is 3. The van der Waals surface area contributed by atoms with Gasteiger partial charge in [0.25, 0.3) is 0 Å². The average Bonchev–Trinajstić information content (AvgIpc) is 2.55. The number of hydrogen-bond donors (Lipinski definition) is 0. The Hall–Kier alpha value is -2.42. The third-order valence-electron chi connectivity index (χ3n) is 3.93. The van der Waals surface area contributed by atoms with Crippen LogP contribution in [0.3, 0.4) is 0 Å². The fourth-order valence-corrected chi connectivity index (χ4v) is 2.79. The van der Waals surface area contributed by atoms with Crippen LogP contribution in [0.2, 0.25) is 0 Å². The summed E-state index contributed by atoms with van der Waals surface area (Å²) in [5.74, 6) is 0.418. The summed E-state index contributed by atoms with van der Waals surface area (Å²) >= 11 is 0. The Morgan fingerprint density at radius 2 is 1.81 bits per heavy atom. The number of fused-ring (bicyclic) bond motifs is 1. The number of ether oxygens (including phenoxy) is 1. The molecule has 0 spiro atoms. The minimum absolute atomic E-state index is 0.0513. The van der Waals surface area contributed by atoms with Crippen molar-refractivity contribution in [2.45, 2.75) is 12.3 Å². The highest BCUT2D eigenvalue weighted by Gasteiger charge is 2.32. The van der Waals surface area contributed by atoms with Gasteiger partial charge in [0.1, 0.15) is 12.0 Å². The summed E-state index contributed by atoms with van der Waals surface area (Å²) in [5, 5.41) is 0. The van der Waals surface area contributed by atoms with Crippen LogP contribution in [0.15, 0.2) is 54.6 Å². The normalized spacial score (nSPS) is 20.2. The number of carbonyl (C=O) groups excluding carboxylic acids is 2. The number of Topliss-reactive ketones (excluding diaryl/α,β-unsaturated/α-hetero) is 1. The Bertz CT molecular complexity index is 649. The largest absolute Gasteiger partial charge is 0.493 e. The van der Waals surface area contributed by atoms with E-state index in [4.69, 9.17) is 4.74 Å². The van der Waals surface area contributed by atoms with Crippen molar-refractivity contribution >= 4 is 12.1 Å². The average molecular weight is 280 g/mol. The summed E-state index contributed by atoms with van der Waals surface area (Å²) in [6, 6.07) is 16.7. The molecule has 0 saturated carbocycles. The zero-order chi connectivity index (χ0) is 14.7. The highest BCUT2D eigenvalue weighted by Crippen LogP contribution is 2.37. The van der Waals surface area contributed by atoms with Gasteiger partial charge in [-0.1, -0.05) is 48.5 Å². The molecular formula is C18H16O3.